The number of hydrogen-bond donors (Lipinski definition) is 2. The van der Waals surface area contributed by atoms with E-state index in [9.17, 15) is 4.79 Å². The lowest BCUT2D eigenvalue weighted by Crippen LogP contribution is -2.47. The Morgan fingerprint density at radius 1 is 1.11 bits per heavy atom. The number of hydrogen-bond acceptors (Lipinski definition) is 4. The Bertz CT molecular complexity index is 1350. The van der Waals surface area contributed by atoms with E-state index in [0.717, 1.165) is 73.7 Å². The molecule has 1 saturated carbocycles. The lowest BCUT2D eigenvalue weighted by atomic mass is 10.0. The summed E-state index contributed by atoms with van der Waals surface area (Å²) in [4.78, 5) is 22.7. The van der Waals surface area contributed by atoms with Crippen LogP contribution in [0.3, 0.4) is 0 Å². The van der Waals surface area contributed by atoms with Crippen LogP contribution >= 0.6 is 11.3 Å². The number of amides is 1. The van der Waals surface area contributed by atoms with E-state index in [4.69, 9.17) is 0 Å². The highest BCUT2D eigenvalue weighted by Crippen LogP contribution is 2.32. The number of unbranched alkanes of at least 4 members (excludes halogenated alkanes) is 1. The maximum Gasteiger partial charge on any atom is 0.261 e. The molecule has 2 N–H and O–H groups in total. The van der Waals surface area contributed by atoms with Crippen molar-refractivity contribution < 1.29 is 4.79 Å². The molecule has 3 heterocycles. The highest BCUT2D eigenvalue weighted by Gasteiger charge is 2.31. The number of carbonyl (C=O) groups is 1. The second-order valence-electron chi connectivity index (χ2n) is 10.5. The number of nitrogens with one attached hydrogen (secondary N) is 2. The topological polar surface area (TPSA) is 51.4 Å². The Morgan fingerprint density at radius 2 is 1.94 bits per heavy atom. The Kier molecular flexibility index (Phi) is 6.72. The van der Waals surface area contributed by atoms with E-state index in [-0.39, 0.29) is 11.9 Å². The van der Waals surface area contributed by atoms with Crippen LogP contribution in [0.4, 0.5) is 5.69 Å². The first-order chi connectivity index (χ1) is 17.7. The normalized spacial score (nSPS) is 17.6. The van der Waals surface area contributed by atoms with Gasteiger partial charge in [-0.25, -0.2) is 0 Å². The fourth-order valence-electron chi connectivity index (χ4n) is 5.61. The molecule has 36 heavy (non-hydrogen) atoms. The number of rotatable bonds is 9. The molecular weight excluding hydrogens is 464 g/mol. The number of anilines is 1. The van der Waals surface area contributed by atoms with Crippen molar-refractivity contribution in [1.29, 1.82) is 0 Å². The zero-order chi connectivity index (χ0) is 24.5. The smallest absolute Gasteiger partial charge is 0.261 e. The zero-order valence-electron chi connectivity index (χ0n) is 21.1. The first-order valence-electron chi connectivity index (χ1n) is 13.6. The van der Waals surface area contributed by atoms with Gasteiger partial charge in [0.2, 0.25) is 0 Å². The summed E-state index contributed by atoms with van der Waals surface area (Å²) < 4.78 is 1.20. The van der Waals surface area contributed by atoms with Crippen LogP contribution in [-0.4, -0.2) is 54.1 Å². The summed E-state index contributed by atoms with van der Waals surface area (Å²) in [7, 11) is 0. The summed E-state index contributed by atoms with van der Waals surface area (Å²) in [6.45, 7) is 6.72. The van der Waals surface area contributed by atoms with Crippen LogP contribution in [0.5, 0.6) is 0 Å². The zero-order valence-corrected chi connectivity index (χ0v) is 21.9. The molecule has 0 spiro atoms. The molecule has 188 valence electrons. The SMILES string of the molecule is CCCCC(Cc1c[nH]c2ccccc12)NC(=O)c1cc2ccc(N3CCN(C4CC4)CC3)cc2s1. The van der Waals surface area contributed by atoms with Gasteiger partial charge in [0.15, 0.2) is 0 Å². The van der Waals surface area contributed by atoms with Crippen LogP contribution in [-0.2, 0) is 6.42 Å². The molecule has 1 amide bonds. The van der Waals surface area contributed by atoms with Crippen molar-refractivity contribution in [2.45, 2.75) is 57.5 Å². The average Bonchev–Trinajstić information content (AvgIpc) is 3.55. The molecule has 2 aliphatic rings. The van der Waals surface area contributed by atoms with Gasteiger partial charge in [-0.2, -0.15) is 0 Å². The van der Waals surface area contributed by atoms with Gasteiger partial charge >= 0.3 is 0 Å². The molecule has 4 aromatic rings. The largest absolute Gasteiger partial charge is 0.369 e. The van der Waals surface area contributed by atoms with Gasteiger partial charge in [0.1, 0.15) is 0 Å². The minimum atomic E-state index is 0.0525. The molecule has 2 aromatic carbocycles. The van der Waals surface area contributed by atoms with Crippen molar-refractivity contribution in [1.82, 2.24) is 15.2 Å². The van der Waals surface area contributed by atoms with Gasteiger partial charge in [-0.1, -0.05) is 44.0 Å². The molecule has 5 nitrogen and oxygen atoms in total. The van der Waals surface area contributed by atoms with Crippen LogP contribution in [0.15, 0.2) is 54.7 Å². The van der Waals surface area contributed by atoms with E-state index in [2.05, 4.69) is 81.8 Å². The van der Waals surface area contributed by atoms with Crippen molar-refractivity contribution in [3.8, 4) is 0 Å². The van der Waals surface area contributed by atoms with Gasteiger partial charge in [-0.15, -0.1) is 11.3 Å². The van der Waals surface area contributed by atoms with Crippen LogP contribution in [0.2, 0.25) is 0 Å². The number of fused-ring (bicyclic) bond motifs is 2. The highest BCUT2D eigenvalue weighted by molar-refractivity contribution is 7.20. The number of aromatic amines is 1. The summed E-state index contributed by atoms with van der Waals surface area (Å²) in [6, 6.07) is 18.1. The van der Waals surface area contributed by atoms with Gasteiger partial charge in [0.25, 0.3) is 5.91 Å². The lowest BCUT2D eigenvalue weighted by Gasteiger charge is -2.36. The Morgan fingerprint density at radius 3 is 2.75 bits per heavy atom. The van der Waals surface area contributed by atoms with Crippen molar-refractivity contribution in [3.63, 3.8) is 0 Å². The van der Waals surface area contributed by atoms with E-state index in [1.165, 1.54) is 34.2 Å². The van der Waals surface area contributed by atoms with Crippen LogP contribution in [0.1, 0.15) is 54.3 Å². The van der Waals surface area contributed by atoms with Gasteiger partial charge in [-0.05, 0) is 60.9 Å². The second kappa shape index (κ2) is 10.3. The minimum absolute atomic E-state index is 0.0525. The standard InChI is InChI=1S/C30H36N4OS/c1-2-3-6-23(17-22-20-31-27-8-5-4-7-26(22)27)32-30(35)29-18-21-9-10-25(19-28(21)36-29)34-15-13-33(14-16-34)24-11-12-24/h4-5,7-10,18-20,23-24,31H,2-3,6,11-17H2,1H3,(H,32,35). The van der Waals surface area contributed by atoms with Crippen LogP contribution in [0, 0.1) is 0 Å². The van der Waals surface area contributed by atoms with E-state index < -0.39 is 0 Å². The monoisotopic (exact) mass is 500 g/mol. The molecule has 6 rings (SSSR count). The Balaban J connectivity index is 1.15. The highest BCUT2D eigenvalue weighted by atomic mass is 32.1. The minimum Gasteiger partial charge on any atom is -0.369 e. The molecule has 1 unspecified atom stereocenters. The number of para-hydroxylation sites is 1. The molecule has 1 atom stereocenters. The number of benzene rings is 2. The fourth-order valence-corrected chi connectivity index (χ4v) is 6.61. The third-order valence-corrected chi connectivity index (χ3v) is 8.95. The molecule has 2 aromatic heterocycles. The van der Waals surface area contributed by atoms with E-state index in [0.29, 0.717) is 0 Å². The van der Waals surface area contributed by atoms with Crippen molar-refractivity contribution in [2.24, 2.45) is 0 Å². The van der Waals surface area contributed by atoms with Crippen molar-refractivity contribution in [3.05, 3.63) is 65.2 Å². The fraction of sp³-hybridized carbons (Fsp3) is 0.433. The van der Waals surface area contributed by atoms with Gasteiger partial charge < -0.3 is 15.2 Å². The molecule has 2 fully saturated rings. The molecule has 1 aliphatic carbocycles. The molecular formula is C30H36N4OS. The third kappa shape index (κ3) is 5.02. The van der Waals surface area contributed by atoms with Crippen molar-refractivity contribution in [2.75, 3.05) is 31.1 Å². The number of nitrogens with zero attached hydrogens (tertiary/aromatic N) is 2. The average molecular weight is 501 g/mol. The molecule has 0 radical (unpaired) electrons. The third-order valence-electron chi connectivity index (χ3n) is 7.85. The van der Waals surface area contributed by atoms with E-state index in [1.807, 2.05) is 0 Å². The summed E-state index contributed by atoms with van der Waals surface area (Å²) in [5.41, 5.74) is 3.71. The van der Waals surface area contributed by atoms with E-state index in [1.54, 1.807) is 11.3 Å². The molecule has 6 heteroatoms. The summed E-state index contributed by atoms with van der Waals surface area (Å²) in [5, 5.41) is 5.78. The summed E-state index contributed by atoms with van der Waals surface area (Å²) in [5.74, 6) is 0.0525. The number of H-pyrrole nitrogens is 1. The summed E-state index contributed by atoms with van der Waals surface area (Å²) in [6.07, 6.45) is 8.93. The number of carbonyl (C=O) groups excluding carboxylic acids is 1. The first kappa shape index (κ1) is 23.6. The van der Waals surface area contributed by atoms with Crippen molar-refractivity contribution >= 4 is 43.9 Å². The first-order valence-corrected chi connectivity index (χ1v) is 14.4. The molecule has 0 bridgehead atoms. The van der Waals surface area contributed by atoms with Gasteiger partial charge in [0, 0.05) is 65.7 Å². The van der Waals surface area contributed by atoms with Gasteiger partial charge in [0.05, 0.1) is 4.88 Å². The second-order valence-corrected chi connectivity index (χ2v) is 11.5. The molecule has 1 saturated heterocycles. The van der Waals surface area contributed by atoms with Crippen LogP contribution < -0.4 is 10.2 Å². The van der Waals surface area contributed by atoms with Crippen LogP contribution in [0.25, 0.3) is 21.0 Å². The number of aromatic nitrogens is 1. The maximum atomic E-state index is 13.3. The van der Waals surface area contributed by atoms with E-state index >= 15 is 0 Å². The predicted molar refractivity (Wildman–Crippen MR) is 151 cm³/mol. The summed E-state index contributed by atoms with van der Waals surface area (Å²) >= 11 is 1.62. The maximum absolute atomic E-state index is 13.3. The Hall–Kier alpha value is -2.83. The quantitative estimate of drug-likeness (QED) is 0.288. The molecule has 1 aliphatic heterocycles. The predicted octanol–water partition coefficient (Wildman–Crippen LogP) is 6.20. The number of thiophene rings is 1. The lowest BCUT2D eigenvalue weighted by molar-refractivity contribution is 0.0938. The van der Waals surface area contributed by atoms with Gasteiger partial charge in [-0.3, -0.25) is 9.69 Å². The Labute approximate surface area is 217 Å². The number of piperazine rings is 1.